The summed E-state index contributed by atoms with van der Waals surface area (Å²) < 4.78 is 12.8. The molecule has 6 unspecified atom stereocenters. The van der Waals surface area contributed by atoms with Gasteiger partial charge in [0.25, 0.3) is 0 Å². The molecular weight excluding hydrogens is 908 g/mol. The fourth-order valence-corrected chi connectivity index (χ4v) is 14.5. The van der Waals surface area contributed by atoms with E-state index in [9.17, 15) is 14.9 Å². The van der Waals surface area contributed by atoms with Crippen molar-refractivity contribution >= 4 is 40.9 Å². The Morgan fingerprint density at radius 2 is 1.65 bits per heavy atom. The first-order valence-corrected chi connectivity index (χ1v) is 27.3. The first kappa shape index (κ1) is 52.0. The van der Waals surface area contributed by atoms with Crippen LogP contribution in [-0.2, 0) is 20.7 Å². The summed E-state index contributed by atoms with van der Waals surface area (Å²) in [5.74, 6) is 1.32. The number of rotatable bonds is 18. The van der Waals surface area contributed by atoms with Crippen LogP contribution in [0, 0.1) is 39.9 Å². The number of likely N-dealkylation sites (tertiary alicyclic amines) is 1. The van der Waals surface area contributed by atoms with Gasteiger partial charge in [0.15, 0.2) is 0 Å². The Bertz CT molecular complexity index is 2140. The number of piperidine rings is 1. The standard InChI is InChI=1S/C53H79ClN10O4S/c1-9-56-43(65)28-42-46-62-61-34(4)64(46)48-44(32(2)33(3)69-48)45(59-42)36-18-16-35(17-19-36)15-13-11-10-12-14-26-67-39-22-24-63(25-23-39)51-57-30-38(31-58-51)47(66)60-49-52(5,6)50(53(49,7)8)68-40-21-20-37(29-55)41(54)27-40/h16-21,27,32-34,38-39,42,44,46,48-51,57-58,61-62H,9-15,22-26,28,30-31H2,1-8H3,(H,56,65)(H,60,66)/t32?,33?,34?,38?,42-,44?,46?,48?,49?,50?,51?/m0/s1. The maximum absolute atomic E-state index is 13.6. The Morgan fingerprint density at radius 1 is 0.957 bits per heavy atom. The summed E-state index contributed by atoms with van der Waals surface area (Å²) in [7, 11) is 0. The minimum absolute atomic E-state index is 0.0365. The van der Waals surface area contributed by atoms with Gasteiger partial charge < -0.3 is 20.1 Å². The monoisotopic (exact) mass is 987 g/mol. The molecule has 1 aliphatic carbocycles. The molecule has 378 valence electrons. The number of halogens is 1. The third-order valence-corrected chi connectivity index (χ3v) is 18.2. The van der Waals surface area contributed by atoms with Crippen LogP contribution in [0.2, 0.25) is 5.02 Å². The second-order valence-electron chi connectivity index (χ2n) is 21.8. The lowest BCUT2D eigenvalue weighted by Gasteiger charge is -2.63. The predicted molar refractivity (Wildman–Crippen MR) is 276 cm³/mol. The number of nitriles is 1. The molecule has 4 saturated heterocycles. The van der Waals surface area contributed by atoms with E-state index < -0.39 is 0 Å². The zero-order valence-electron chi connectivity index (χ0n) is 42.3. The Labute approximate surface area is 420 Å². The zero-order chi connectivity index (χ0) is 49.0. The SMILES string of the molecule is CCNC(=O)C[C@@H]1N=C(c2ccc(CCCCCCCOC3CCN(C4NCC(C(=O)NC5C(C)(C)C(Oc6ccc(C#N)c(Cl)c6)C5(C)C)CN4)CC3)cc2)C2C(C)C(C)SC2N2C(C)NNC12. The number of benzene rings is 2. The number of carbonyl (C=O) groups excluding carboxylic acids is 2. The van der Waals surface area contributed by atoms with Crippen molar-refractivity contribution in [2.45, 2.75) is 167 Å². The number of thioether (sulfide) groups is 1. The third-order valence-electron chi connectivity index (χ3n) is 16.2. The predicted octanol–water partition coefficient (Wildman–Crippen LogP) is 6.77. The number of hydrogen-bond acceptors (Lipinski definition) is 13. The van der Waals surface area contributed by atoms with Gasteiger partial charge in [-0.1, -0.05) is 96.7 Å². The molecule has 0 spiro atoms. The number of hydrogen-bond donors (Lipinski definition) is 6. The van der Waals surface area contributed by atoms with E-state index in [1.54, 1.807) is 18.2 Å². The Kier molecular flexibility index (Phi) is 17.1. The first-order chi connectivity index (χ1) is 33.1. The van der Waals surface area contributed by atoms with Crippen LogP contribution in [0.1, 0.15) is 123 Å². The Hall–Kier alpha value is -3.30. The van der Waals surface area contributed by atoms with E-state index in [4.69, 9.17) is 26.1 Å². The highest BCUT2D eigenvalue weighted by Gasteiger charge is 2.64. The molecule has 5 heterocycles. The van der Waals surface area contributed by atoms with E-state index in [1.807, 2.05) is 6.92 Å². The van der Waals surface area contributed by atoms with E-state index in [-0.39, 0.29) is 76.7 Å². The van der Waals surface area contributed by atoms with Gasteiger partial charge in [0, 0.05) is 79.1 Å². The van der Waals surface area contributed by atoms with E-state index in [0.29, 0.717) is 59.7 Å². The summed E-state index contributed by atoms with van der Waals surface area (Å²) >= 11 is 8.33. The highest BCUT2D eigenvalue weighted by Crippen LogP contribution is 2.56. The number of fused-ring (bicyclic) bond motifs is 3. The van der Waals surface area contributed by atoms with Crippen LogP contribution in [-0.4, -0.2) is 120 Å². The van der Waals surface area contributed by atoms with E-state index in [2.05, 4.69) is 132 Å². The normalized spacial score (nSPS) is 32.2. The molecule has 5 aliphatic heterocycles. The molecule has 2 aromatic rings. The lowest BCUT2D eigenvalue weighted by atomic mass is 9.49. The van der Waals surface area contributed by atoms with E-state index >= 15 is 0 Å². The Balaban J connectivity index is 0.703. The lowest BCUT2D eigenvalue weighted by molar-refractivity contribution is -0.174. The molecular formula is C53H79ClN10O4S. The van der Waals surface area contributed by atoms with Crippen molar-refractivity contribution < 1.29 is 19.1 Å². The second-order valence-corrected chi connectivity index (χ2v) is 23.7. The number of carbonyl (C=O) groups is 2. The van der Waals surface area contributed by atoms with Crippen LogP contribution >= 0.6 is 23.4 Å². The average molecular weight is 988 g/mol. The average Bonchev–Trinajstić information content (AvgIpc) is 3.82. The maximum atomic E-state index is 13.6. The third kappa shape index (κ3) is 11.5. The van der Waals surface area contributed by atoms with Gasteiger partial charge in [-0.05, 0) is 75.1 Å². The van der Waals surface area contributed by atoms with Crippen LogP contribution in [0.3, 0.4) is 0 Å². The molecule has 16 heteroatoms. The molecule has 0 aromatic heterocycles. The van der Waals surface area contributed by atoms with Crippen molar-refractivity contribution in [3.63, 3.8) is 0 Å². The molecule has 2 aromatic carbocycles. The molecule has 69 heavy (non-hydrogen) atoms. The molecule has 0 radical (unpaired) electrons. The molecule has 5 fully saturated rings. The fraction of sp³-hybridized carbons (Fsp3) is 0.698. The maximum Gasteiger partial charge on any atom is 0.225 e. The minimum atomic E-state index is -0.305. The molecule has 6 aliphatic rings. The number of nitrogens with zero attached hydrogens (tertiary/aromatic N) is 4. The van der Waals surface area contributed by atoms with Crippen molar-refractivity contribution in [2.24, 2.45) is 33.6 Å². The highest BCUT2D eigenvalue weighted by molar-refractivity contribution is 8.00. The minimum Gasteiger partial charge on any atom is -0.489 e. The van der Waals surface area contributed by atoms with Gasteiger partial charge in [-0.15, -0.1) is 11.8 Å². The second kappa shape index (κ2) is 22.6. The number of unbranched alkanes of at least 4 members (excludes halogenated alkanes) is 4. The number of hydrazine groups is 1. The Morgan fingerprint density at radius 3 is 2.33 bits per heavy atom. The van der Waals surface area contributed by atoms with Crippen LogP contribution in [0.5, 0.6) is 5.75 Å². The van der Waals surface area contributed by atoms with Gasteiger partial charge in [-0.2, -0.15) is 5.26 Å². The van der Waals surface area contributed by atoms with Crippen molar-refractivity contribution in [3.8, 4) is 11.8 Å². The smallest absolute Gasteiger partial charge is 0.225 e. The molecule has 7 atom stereocenters. The molecule has 14 nitrogen and oxygen atoms in total. The van der Waals surface area contributed by atoms with Gasteiger partial charge in [0.05, 0.1) is 52.8 Å². The quantitative estimate of drug-likeness (QED) is 0.0870. The van der Waals surface area contributed by atoms with Crippen LogP contribution in [0.25, 0.3) is 0 Å². The number of amides is 2. The zero-order valence-corrected chi connectivity index (χ0v) is 43.9. The van der Waals surface area contributed by atoms with E-state index in [0.717, 1.165) is 51.1 Å². The molecule has 2 amide bonds. The van der Waals surface area contributed by atoms with Gasteiger partial charge in [-0.25, -0.2) is 10.9 Å². The summed E-state index contributed by atoms with van der Waals surface area (Å²) in [6.07, 6.45) is 9.71. The number of ether oxygens (including phenoxy) is 2. The molecule has 0 bridgehead atoms. The largest absolute Gasteiger partial charge is 0.489 e. The summed E-state index contributed by atoms with van der Waals surface area (Å²) in [6, 6.07) is 16.2. The summed E-state index contributed by atoms with van der Waals surface area (Å²) in [5, 5.41) is 24.0. The van der Waals surface area contributed by atoms with Crippen molar-refractivity contribution in [3.05, 3.63) is 64.2 Å². The lowest BCUT2D eigenvalue weighted by Crippen LogP contribution is -2.75. The highest BCUT2D eigenvalue weighted by atomic mass is 35.5. The van der Waals surface area contributed by atoms with Gasteiger partial charge in [-0.3, -0.25) is 35.0 Å². The number of aryl methyl sites for hydroxylation is 1. The molecule has 1 saturated carbocycles. The fourth-order valence-electron chi connectivity index (χ4n) is 12.4. The number of nitrogens with one attached hydrogen (secondary N) is 6. The summed E-state index contributed by atoms with van der Waals surface area (Å²) in [6.45, 7) is 22.0. The first-order valence-electron chi connectivity index (χ1n) is 26.0. The topological polar surface area (TPSA) is 167 Å². The molecule has 6 N–H and O–H groups in total. The van der Waals surface area contributed by atoms with Gasteiger partial charge in [0.1, 0.15) is 24.2 Å². The van der Waals surface area contributed by atoms with Gasteiger partial charge >= 0.3 is 0 Å². The van der Waals surface area contributed by atoms with Crippen LogP contribution in [0.4, 0.5) is 0 Å². The number of aliphatic imine (C=N–C) groups is 1. The summed E-state index contributed by atoms with van der Waals surface area (Å²) in [4.78, 5) is 36.9. The molecule has 8 rings (SSSR count). The van der Waals surface area contributed by atoms with Crippen molar-refractivity contribution in [1.82, 2.24) is 41.9 Å². The van der Waals surface area contributed by atoms with Gasteiger partial charge in [0.2, 0.25) is 11.8 Å². The van der Waals surface area contributed by atoms with Crippen LogP contribution in [0.15, 0.2) is 47.5 Å². The van der Waals surface area contributed by atoms with Crippen molar-refractivity contribution in [1.29, 1.82) is 5.26 Å². The van der Waals surface area contributed by atoms with E-state index in [1.165, 1.54) is 36.8 Å². The summed E-state index contributed by atoms with van der Waals surface area (Å²) in [5.41, 5.74) is 10.5. The van der Waals surface area contributed by atoms with Crippen molar-refractivity contribution in [2.75, 3.05) is 39.3 Å². The van der Waals surface area contributed by atoms with Crippen LogP contribution < -0.4 is 36.9 Å².